The highest BCUT2D eigenvalue weighted by Crippen LogP contribution is 2.24. The Hall–Kier alpha value is -3.53. The molecule has 4 rings (SSSR count). The average molecular weight is 455 g/mol. The fourth-order valence-electron chi connectivity index (χ4n) is 3.34. The molecule has 1 N–H and O–H groups in total. The van der Waals surface area contributed by atoms with Gasteiger partial charge in [0.05, 0.1) is 39.4 Å². The number of fused-ring (bicyclic) bond motifs is 1. The zero-order valence-electron chi connectivity index (χ0n) is 17.5. The molecule has 0 fully saturated rings. The van der Waals surface area contributed by atoms with E-state index in [4.69, 9.17) is 0 Å². The smallest absolute Gasteiger partial charge is 0.266 e. The lowest BCUT2D eigenvalue weighted by Gasteiger charge is -2.14. The molecule has 4 aromatic rings. The largest absolute Gasteiger partial charge is 0.322 e. The van der Waals surface area contributed by atoms with Crippen LogP contribution >= 0.6 is 11.8 Å². The molecular formula is C22H19F2N5O2S. The number of nitrogens with one attached hydrogen (secondary N) is 1. The van der Waals surface area contributed by atoms with Crippen molar-refractivity contribution in [3.05, 3.63) is 75.8 Å². The quantitative estimate of drug-likeness (QED) is 0.366. The number of halogens is 2. The minimum atomic E-state index is -0.905. The van der Waals surface area contributed by atoms with Crippen LogP contribution in [0.3, 0.4) is 0 Å². The van der Waals surface area contributed by atoms with Crippen LogP contribution in [-0.2, 0) is 11.8 Å². The van der Waals surface area contributed by atoms with Crippen LogP contribution in [0.5, 0.6) is 0 Å². The van der Waals surface area contributed by atoms with E-state index in [9.17, 15) is 18.4 Å². The Balaban J connectivity index is 1.71. The van der Waals surface area contributed by atoms with E-state index < -0.39 is 17.2 Å². The first-order valence-corrected chi connectivity index (χ1v) is 10.6. The zero-order valence-corrected chi connectivity index (χ0v) is 18.3. The number of nitrogens with zero attached hydrogens (tertiary/aromatic N) is 4. The molecule has 164 valence electrons. The van der Waals surface area contributed by atoms with Gasteiger partial charge in [0.2, 0.25) is 5.91 Å². The maximum Gasteiger partial charge on any atom is 0.266 e. The van der Waals surface area contributed by atoms with Crippen molar-refractivity contribution < 1.29 is 13.6 Å². The second kappa shape index (κ2) is 8.54. The van der Waals surface area contributed by atoms with Gasteiger partial charge in [-0.3, -0.25) is 18.8 Å². The number of aryl methyl sites for hydroxylation is 2. The van der Waals surface area contributed by atoms with Gasteiger partial charge in [-0.15, -0.1) is 0 Å². The number of carbonyl (C=O) groups excluding carboxylic acids is 1. The van der Waals surface area contributed by atoms with Crippen molar-refractivity contribution in [1.29, 1.82) is 0 Å². The summed E-state index contributed by atoms with van der Waals surface area (Å²) in [5, 5.41) is 7.48. The third kappa shape index (κ3) is 4.01. The molecule has 0 aliphatic carbocycles. The van der Waals surface area contributed by atoms with Crippen LogP contribution in [0.25, 0.3) is 16.6 Å². The van der Waals surface area contributed by atoms with Gasteiger partial charge in [-0.1, -0.05) is 23.9 Å². The number of amides is 1. The lowest BCUT2D eigenvalue weighted by Crippen LogP contribution is -2.24. The topological polar surface area (TPSA) is 81.8 Å². The predicted octanol–water partition coefficient (Wildman–Crippen LogP) is 3.75. The van der Waals surface area contributed by atoms with E-state index in [1.54, 1.807) is 42.9 Å². The van der Waals surface area contributed by atoms with Gasteiger partial charge in [0.15, 0.2) is 5.16 Å². The molecule has 1 amide bonds. The Labute approximate surface area is 186 Å². The first kappa shape index (κ1) is 21.7. The third-order valence-electron chi connectivity index (χ3n) is 5.00. The van der Waals surface area contributed by atoms with E-state index in [2.05, 4.69) is 15.4 Å². The molecule has 7 nitrogen and oxygen atoms in total. The molecule has 0 aliphatic rings. The van der Waals surface area contributed by atoms with Crippen molar-refractivity contribution in [2.45, 2.75) is 19.0 Å². The van der Waals surface area contributed by atoms with E-state index in [0.29, 0.717) is 23.0 Å². The summed E-state index contributed by atoms with van der Waals surface area (Å²) in [6.45, 7) is 3.62. The van der Waals surface area contributed by atoms with Crippen LogP contribution in [0, 0.1) is 25.5 Å². The van der Waals surface area contributed by atoms with Crippen molar-refractivity contribution in [1.82, 2.24) is 19.3 Å². The molecule has 2 aromatic carbocycles. The summed E-state index contributed by atoms with van der Waals surface area (Å²) in [5.74, 6) is -2.08. The molecule has 32 heavy (non-hydrogen) atoms. The highest BCUT2D eigenvalue weighted by Gasteiger charge is 2.19. The molecule has 0 saturated heterocycles. The SMILES string of the molecule is Cc1nn(C)c(C)c1NC(=O)CSc1nc2ccccc2c(=O)n1-c1ccc(F)cc1F. The van der Waals surface area contributed by atoms with Crippen molar-refractivity contribution >= 4 is 34.3 Å². The van der Waals surface area contributed by atoms with Gasteiger partial charge in [-0.05, 0) is 38.1 Å². The van der Waals surface area contributed by atoms with Gasteiger partial charge < -0.3 is 5.32 Å². The maximum atomic E-state index is 14.5. The molecule has 0 unspecified atom stereocenters. The number of para-hydroxylation sites is 1. The van der Waals surface area contributed by atoms with Crippen molar-refractivity contribution in [3.8, 4) is 5.69 Å². The highest BCUT2D eigenvalue weighted by atomic mass is 32.2. The predicted molar refractivity (Wildman–Crippen MR) is 119 cm³/mol. The zero-order chi connectivity index (χ0) is 23.0. The number of benzene rings is 2. The Morgan fingerprint density at radius 1 is 1.16 bits per heavy atom. The van der Waals surface area contributed by atoms with Crippen LogP contribution in [0.2, 0.25) is 0 Å². The molecular weight excluding hydrogens is 436 g/mol. The van der Waals surface area contributed by atoms with Gasteiger partial charge in [-0.25, -0.2) is 13.8 Å². The van der Waals surface area contributed by atoms with Gasteiger partial charge in [0.25, 0.3) is 5.56 Å². The number of hydrogen-bond acceptors (Lipinski definition) is 5. The second-order valence-corrected chi connectivity index (χ2v) is 8.10. The number of thioether (sulfide) groups is 1. The van der Waals surface area contributed by atoms with Crippen LogP contribution < -0.4 is 10.9 Å². The van der Waals surface area contributed by atoms with Crippen LogP contribution in [0.4, 0.5) is 14.5 Å². The Morgan fingerprint density at radius 3 is 2.59 bits per heavy atom. The number of aromatic nitrogens is 4. The van der Waals surface area contributed by atoms with E-state index >= 15 is 0 Å². The van der Waals surface area contributed by atoms with Gasteiger partial charge in [-0.2, -0.15) is 5.10 Å². The summed E-state index contributed by atoms with van der Waals surface area (Å²) >= 11 is 0.982. The lowest BCUT2D eigenvalue weighted by molar-refractivity contribution is -0.113. The minimum absolute atomic E-state index is 0.0820. The summed E-state index contributed by atoms with van der Waals surface area (Å²) in [5.41, 5.74) is 1.86. The standard InChI is InChI=1S/C22H19F2N5O2S/c1-12-20(13(2)28(3)27-12)26-19(30)11-32-22-25-17-7-5-4-6-15(17)21(31)29(22)18-9-8-14(23)10-16(18)24/h4-10H,11H2,1-3H3,(H,26,30). The number of hydrogen-bond donors (Lipinski definition) is 1. The minimum Gasteiger partial charge on any atom is -0.322 e. The molecule has 0 spiro atoms. The lowest BCUT2D eigenvalue weighted by atomic mass is 10.2. The van der Waals surface area contributed by atoms with Crippen LogP contribution in [-0.4, -0.2) is 31.0 Å². The first-order valence-electron chi connectivity index (χ1n) is 9.66. The number of rotatable bonds is 5. The molecule has 0 atom stereocenters. The maximum absolute atomic E-state index is 14.5. The summed E-state index contributed by atoms with van der Waals surface area (Å²) in [4.78, 5) is 30.2. The molecule has 2 heterocycles. The van der Waals surface area contributed by atoms with E-state index in [0.717, 1.165) is 28.1 Å². The Morgan fingerprint density at radius 2 is 1.91 bits per heavy atom. The second-order valence-electron chi connectivity index (χ2n) is 7.15. The van der Waals surface area contributed by atoms with Crippen molar-refractivity contribution in [2.75, 3.05) is 11.1 Å². The molecule has 0 bridgehead atoms. The Bertz CT molecular complexity index is 1410. The van der Waals surface area contributed by atoms with Crippen molar-refractivity contribution in [2.24, 2.45) is 7.05 Å². The van der Waals surface area contributed by atoms with E-state index in [-0.39, 0.29) is 27.9 Å². The monoisotopic (exact) mass is 455 g/mol. The number of carbonyl (C=O) groups is 1. The Kier molecular flexibility index (Phi) is 5.79. The summed E-state index contributed by atoms with van der Waals surface area (Å²) < 4.78 is 30.7. The fourth-order valence-corrected chi connectivity index (χ4v) is 4.15. The van der Waals surface area contributed by atoms with Gasteiger partial charge >= 0.3 is 0 Å². The highest BCUT2D eigenvalue weighted by molar-refractivity contribution is 7.99. The molecule has 2 aromatic heterocycles. The summed E-state index contributed by atoms with van der Waals surface area (Å²) in [7, 11) is 1.78. The molecule has 0 saturated carbocycles. The van der Waals surface area contributed by atoms with Crippen LogP contribution in [0.15, 0.2) is 52.4 Å². The molecule has 0 radical (unpaired) electrons. The number of anilines is 1. The molecule has 0 aliphatic heterocycles. The normalized spacial score (nSPS) is 11.2. The van der Waals surface area contributed by atoms with E-state index in [1.165, 1.54) is 6.07 Å². The summed E-state index contributed by atoms with van der Waals surface area (Å²) in [6.07, 6.45) is 0. The van der Waals surface area contributed by atoms with Crippen molar-refractivity contribution in [3.63, 3.8) is 0 Å². The first-order chi connectivity index (χ1) is 15.3. The summed E-state index contributed by atoms with van der Waals surface area (Å²) in [6, 6.07) is 9.59. The van der Waals surface area contributed by atoms with E-state index in [1.807, 2.05) is 6.92 Å². The van der Waals surface area contributed by atoms with Crippen LogP contribution in [0.1, 0.15) is 11.4 Å². The average Bonchev–Trinajstić information content (AvgIpc) is 2.99. The van der Waals surface area contributed by atoms with Gasteiger partial charge in [0.1, 0.15) is 11.6 Å². The molecule has 10 heteroatoms. The fraction of sp³-hybridized carbons (Fsp3) is 0.182. The third-order valence-corrected chi connectivity index (χ3v) is 5.94. The van der Waals surface area contributed by atoms with Gasteiger partial charge in [0, 0.05) is 13.1 Å².